The molecule has 0 saturated heterocycles. The van der Waals surface area contributed by atoms with Crippen molar-refractivity contribution in [1.29, 1.82) is 0 Å². The van der Waals surface area contributed by atoms with Crippen LogP contribution in [0.15, 0.2) is 30.6 Å². The largest absolute Gasteiger partial charge is 0.496 e. The fraction of sp³-hybridized carbons (Fsp3) is 0.250. The van der Waals surface area contributed by atoms with E-state index >= 15 is 0 Å². The molecule has 0 bridgehead atoms. The molecule has 0 atom stereocenters. The van der Waals surface area contributed by atoms with Crippen LogP contribution in [0.25, 0.3) is 11.1 Å². The van der Waals surface area contributed by atoms with Crippen LogP contribution in [0.1, 0.15) is 6.92 Å². The summed E-state index contributed by atoms with van der Waals surface area (Å²) in [5.74, 6) is 1.64. The van der Waals surface area contributed by atoms with Gasteiger partial charge in [0.1, 0.15) is 11.5 Å². The van der Waals surface area contributed by atoms with Crippen LogP contribution in [-0.2, 0) is 0 Å². The maximum absolute atomic E-state index is 5.46. The van der Waals surface area contributed by atoms with Gasteiger partial charge in [0.2, 0.25) is 0 Å². The molecule has 4 heteroatoms. The Morgan fingerprint density at radius 2 is 2.25 bits per heavy atom. The number of nitrogens with zero attached hydrogens (tertiary/aromatic N) is 1. The van der Waals surface area contributed by atoms with Gasteiger partial charge in [-0.1, -0.05) is 0 Å². The van der Waals surface area contributed by atoms with E-state index in [1.807, 2.05) is 31.3 Å². The zero-order chi connectivity index (χ0) is 11.4. The molecule has 1 aromatic carbocycles. The first-order chi connectivity index (χ1) is 7.85. The van der Waals surface area contributed by atoms with Gasteiger partial charge >= 0.3 is 0 Å². The van der Waals surface area contributed by atoms with Gasteiger partial charge in [-0.15, -0.1) is 0 Å². The third kappa shape index (κ3) is 2.00. The molecule has 1 heterocycles. The number of H-pyrrole nitrogens is 1. The molecule has 0 radical (unpaired) electrons. The molecular weight excluding hydrogens is 204 g/mol. The lowest BCUT2D eigenvalue weighted by Gasteiger charge is -2.09. The Morgan fingerprint density at radius 3 is 2.88 bits per heavy atom. The minimum atomic E-state index is 0.650. The Morgan fingerprint density at radius 1 is 1.38 bits per heavy atom. The van der Waals surface area contributed by atoms with Crippen molar-refractivity contribution < 1.29 is 9.47 Å². The minimum Gasteiger partial charge on any atom is -0.496 e. The second kappa shape index (κ2) is 4.70. The molecule has 0 spiro atoms. The summed E-state index contributed by atoms with van der Waals surface area (Å²) in [4.78, 5) is 0. The fourth-order valence-electron chi connectivity index (χ4n) is 1.57. The Balaban J connectivity index is 2.43. The highest BCUT2D eigenvalue weighted by atomic mass is 16.5. The fourth-order valence-corrected chi connectivity index (χ4v) is 1.57. The van der Waals surface area contributed by atoms with Crippen LogP contribution in [0.4, 0.5) is 0 Å². The summed E-state index contributed by atoms with van der Waals surface area (Å²) in [5.41, 5.74) is 1.96. The highest BCUT2D eigenvalue weighted by Gasteiger charge is 2.08. The van der Waals surface area contributed by atoms with Crippen LogP contribution in [-0.4, -0.2) is 23.9 Å². The number of hydrogen-bond donors (Lipinski definition) is 1. The number of hydrogen-bond acceptors (Lipinski definition) is 3. The summed E-state index contributed by atoms with van der Waals surface area (Å²) >= 11 is 0. The summed E-state index contributed by atoms with van der Waals surface area (Å²) < 4.78 is 10.8. The molecule has 0 aliphatic heterocycles. The van der Waals surface area contributed by atoms with Crippen molar-refractivity contribution in [2.75, 3.05) is 13.7 Å². The van der Waals surface area contributed by atoms with E-state index in [2.05, 4.69) is 10.2 Å². The van der Waals surface area contributed by atoms with Crippen LogP contribution in [0.5, 0.6) is 11.5 Å². The van der Waals surface area contributed by atoms with E-state index in [0.29, 0.717) is 6.61 Å². The smallest absolute Gasteiger partial charge is 0.127 e. The van der Waals surface area contributed by atoms with Gasteiger partial charge in [0.25, 0.3) is 0 Å². The first-order valence-electron chi connectivity index (χ1n) is 5.15. The maximum atomic E-state index is 5.46. The van der Waals surface area contributed by atoms with Crippen LogP contribution >= 0.6 is 0 Å². The Labute approximate surface area is 94.2 Å². The molecule has 2 rings (SSSR count). The van der Waals surface area contributed by atoms with Crippen molar-refractivity contribution in [3.8, 4) is 22.6 Å². The third-order valence-corrected chi connectivity index (χ3v) is 2.29. The van der Waals surface area contributed by atoms with E-state index in [0.717, 1.165) is 22.6 Å². The summed E-state index contributed by atoms with van der Waals surface area (Å²) in [7, 11) is 1.65. The molecule has 4 nitrogen and oxygen atoms in total. The predicted molar refractivity (Wildman–Crippen MR) is 61.7 cm³/mol. The SMILES string of the molecule is CCOc1ccc(OC)c(-c2cn[nH]c2)c1. The Kier molecular flexibility index (Phi) is 3.10. The summed E-state index contributed by atoms with van der Waals surface area (Å²) in [6.45, 7) is 2.61. The van der Waals surface area contributed by atoms with E-state index < -0.39 is 0 Å². The average molecular weight is 218 g/mol. The number of aromatic nitrogens is 2. The summed E-state index contributed by atoms with van der Waals surface area (Å²) in [6.07, 6.45) is 3.58. The molecular formula is C12H14N2O2. The number of methoxy groups -OCH3 is 1. The monoisotopic (exact) mass is 218 g/mol. The van der Waals surface area contributed by atoms with Crippen LogP contribution < -0.4 is 9.47 Å². The number of nitrogens with one attached hydrogen (secondary N) is 1. The zero-order valence-corrected chi connectivity index (χ0v) is 9.36. The van der Waals surface area contributed by atoms with Gasteiger partial charge in [0.15, 0.2) is 0 Å². The zero-order valence-electron chi connectivity index (χ0n) is 9.36. The van der Waals surface area contributed by atoms with Crippen molar-refractivity contribution in [3.63, 3.8) is 0 Å². The van der Waals surface area contributed by atoms with Gasteiger partial charge in [-0.05, 0) is 25.1 Å². The van der Waals surface area contributed by atoms with Crippen molar-refractivity contribution in [3.05, 3.63) is 30.6 Å². The third-order valence-electron chi connectivity index (χ3n) is 2.29. The van der Waals surface area contributed by atoms with Crippen molar-refractivity contribution in [2.45, 2.75) is 6.92 Å². The first kappa shape index (κ1) is 10.5. The minimum absolute atomic E-state index is 0.650. The predicted octanol–water partition coefficient (Wildman–Crippen LogP) is 2.48. The van der Waals surface area contributed by atoms with Gasteiger partial charge in [-0.2, -0.15) is 5.10 Å². The van der Waals surface area contributed by atoms with Crippen LogP contribution in [0.2, 0.25) is 0 Å². The van der Waals surface area contributed by atoms with Gasteiger partial charge < -0.3 is 9.47 Å². The van der Waals surface area contributed by atoms with Gasteiger partial charge in [0.05, 0.1) is 19.9 Å². The van der Waals surface area contributed by atoms with E-state index in [1.54, 1.807) is 13.3 Å². The normalized spacial score (nSPS) is 10.1. The van der Waals surface area contributed by atoms with Crippen LogP contribution in [0.3, 0.4) is 0 Å². The first-order valence-corrected chi connectivity index (χ1v) is 5.15. The summed E-state index contributed by atoms with van der Waals surface area (Å²) in [6, 6.07) is 5.74. The molecule has 0 unspecified atom stereocenters. The maximum Gasteiger partial charge on any atom is 0.127 e. The van der Waals surface area contributed by atoms with Crippen LogP contribution in [0, 0.1) is 0 Å². The molecule has 0 aliphatic rings. The van der Waals surface area contributed by atoms with Gasteiger partial charge in [-0.25, -0.2) is 0 Å². The quantitative estimate of drug-likeness (QED) is 0.857. The van der Waals surface area contributed by atoms with Gasteiger partial charge in [-0.3, -0.25) is 5.10 Å². The number of rotatable bonds is 4. The molecule has 16 heavy (non-hydrogen) atoms. The van der Waals surface area contributed by atoms with Crippen molar-refractivity contribution >= 4 is 0 Å². The Hall–Kier alpha value is -1.97. The Bertz CT molecular complexity index is 452. The standard InChI is InChI=1S/C12H14N2O2/c1-3-16-10-4-5-12(15-2)11(6-10)9-7-13-14-8-9/h4-8H,3H2,1-2H3,(H,13,14). The van der Waals surface area contributed by atoms with E-state index in [1.165, 1.54) is 0 Å². The lowest BCUT2D eigenvalue weighted by Crippen LogP contribution is -1.93. The average Bonchev–Trinajstić information content (AvgIpc) is 2.83. The molecule has 0 saturated carbocycles. The molecule has 1 N–H and O–H groups in total. The molecule has 2 aromatic rings. The number of aromatic amines is 1. The highest BCUT2D eigenvalue weighted by molar-refractivity contribution is 5.70. The highest BCUT2D eigenvalue weighted by Crippen LogP contribution is 2.32. The van der Waals surface area contributed by atoms with E-state index in [9.17, 15) is 0 Å². The second-order valence-corrected chi connectivity index (χ2v) is 3.28. The molecule has 1 aromatic heterocycles. The van der Waals surface area contributed by atoms with Crippen molar-refractivity contribution in [1.82, 2.24) is 10.2 Å². The lowest BCUT2D eigenvalue weighted by atomic mass is 10.1. The molecule has 0 aliphatic carbocycles. The summed E-state index contributed by atoms with van der Waals surface area (Å²) in [5, 5.41) is 6.71. The molecule has 0 fully saturated rings. The topological polar surface area (TPSA) is 47.1 Å². The second-order valence-electron chi connectivity index (χ2n) is 3.28. The van der Waals surface area contributed by atoms with Gasteiger partial charge in [0, 0.05) is 17.3 Å². The van der Waals surface area contributed by atoms with Crippen molar-refractivity contribution in [2.24, 2.45) is 0 Å². The van der Waals surface area contributed by atoms with E-state index in [4.69, 9.17) is 9.47 Å². The molecule has 0 amide bonds. The number of ether oxygens (including phenoxy) is 2. The van der Waals surface area contributed by atoms with E-state index in [-0.39, 0.29) is 0 Å². The lowest BCUT2D eigenvalue weighted by molar-refractivity contribution is 0.339. The molecule has 84 valence electrons. The number of benzene rings is 1.